The fraction of sp³-hybridized carbons (Fsp3) is 0.800. The fourth-order valence-electron chi connectivity index (χ4n) is 4.96. The molecule has 1 aliphatic carbocycles. The van der Waals surface area contributed by atoms with Crippen LogP contribution in [0.2, 0.25) is 0 Å². The lowest BCUT2D eigenvalue weighted by Gasteiger charge is -2.39. The van der Waals surface area contributed by atoms with Crippen molar-refractivity contribution in [2.45, 2.75) is 56.5 Å². The summed E-state index contributed by atoms with van der Waals surface area (Å²) in [7, 11) is 1.91. The highest BCUT2D eigenvalue weighted by Gasteiger charge is 2.29. The topological polar surface area (TPSA) is 74.2 Å². The van der Waals surface area contributed by atoms with E-state index < -0.39 is 0 Å². The SMILES string of the molecule is Cn1cc(C(=O)NC2CCC(N3CCNCC3)CC2)c([C@H]2CCCNC2)n1. The molecule has 0 aromatic carbocycles. The van der Waals surface area contributed by atoms with Crippen LogP contribution in [0.25, 0.3) is 0 Å². The van der Waals surface area contributed by atoms with Gasteiger partial charge >= 0.3 is 0 Å². The quantitative estimate of drug-likeness (QED) is 0.728. The zero-order chi connectivity index (χ0) is 18.6. The number of piperidine rings is 1. The first-order valence-electron chi connectivity index (χ1n) is 10.7. The molecule has 3 heterocycles. The van der Waals surface area contributed by atoms with Crippen molar-refractivity contribution in [3.63, 3.8) is 0 Å². The second-order valence-corrected chi connectivity index (χ2v) is 8.41. The molecule has 0 unspecified atom stereocenters. The number of carbonyl (C=O) groups is 1. The molecule has 3 fully saturated rings. The van der Waals surface area contributed by atoms with Gasteiger partial charge in [0, 0.05) is 64.0 Å². The van der Waals surface area contributed by atoms with Crippen LogP contribution in [-0.4, -0.2) is 71.9 Å². The van der Waals surface area contributed by atoms with E-state index in [0.717, 1.165) is 76.2 Å². The maximum absolute atomic E-state index is 13.0. The largest absolute Gasteiger partial charge is 0.349 e. The Balaban J connectivity index is 1.33. The van der Waals surface area contributed by atoms with Crippen LogP contribution in [0.4, 0.5) is 0 Å². The van der Waals surface area contributed by atoms with E-state index in [9.17, 15) is 4.79 Å². The second-order valence-electron chi connectivity index (χ2n) is 8.41. The molecular weight excluding hydrogens is 340 g/mol. The van der Waals surface area contributed by atoms with Crippen molar-refractivity contribution in [1.82, 2.24) is 30.6 Å². The average molecular weight is 375 g/mol. The third-order valence-corrected chi connectivity index (χ3v) is 6.49. The van der Waals surface area contributed by atoms with Crippen LogP contribution in [0.5, 0.6) is 0 Å². The standard InChI is InChI=1S/C20H34N6O/c1-25-14-18(19(24-25)15-3-2-8-22-13-15)20(27)23-16-4-6-17(7-5-16)26-11-9-21-10-12-26/h14-17,21-22H,2-13H2,1H3,(H,23,27)/t15-,16?,17?/m0/s1. The van der Waals surface area contributed by atoms with Gasteiger partial charge in [0.15, 0.2) is 0 Å². The van der Waals surface area contributed by atoms with Gasteiger partial charge in [0.1, 0.15) is 0 Å². The van der Waals surface area contributed by atoms with Crippen LogP contribution in [0.3, 0.4) is 0 Å². The summed E-state index contributed by atoms with van der Waals surface area (Å²) in [6.07, 6.45) is 8.71. The number of hydrogen-bond acceptors (Lipinski definition) is 5. The smallest absolute Gasteiger partial charge is 0.254 e. The number of aryl methyl sites for hydroxylation is 1. The summed E-state index contributed by atoms with van der Waals surface area (Å²) in [5, 5.41) is 14.8. The van der Waals surface area contributed by atoms with E-state index in [1.807, 2.05) is 13.2 Å². The van der Waals surface area contributed by atoms with Crippen LogP contribution >= 0.6 is 0 Å². The lowest BCUT2D eigenvalue weighted by atomic mass is 9.89. The molecular formula is C20H34N6O. The molecule has 27 heavy (non-hydrogen) atoms. The van der Waals surface area contributed by atoms with Gasteiger partial charge in [0.2, 0.25) is 0 Å². The normalized spacial score (nSPS) is 30.2. The summed E-state index contributed by atoms with van der Waals surface area (Å²) < 4.78 is 1.79. The zero-order valence-corrected chi connectivity index (χ0v) is 16.5. The maximum atomic E-state index is 13.0. The van der Waals surface area contributed by atoms with Gasteiger partial charge in [0.25, 0.3) is 5.91 Å². The highest BCUT2D eigenvalue weighted by Crippen LogP contribution is 2.27. The van der Waals surface area contributed by atoms with Gasteiger partial charge in [-0.15, -0.1) is 0 Å². The van der Waals surface area contributed by atoms with Crippen molar-refractivity contribution < 1.29 is 4.79 Å². The van der Waals surface area contributed by atoms with Crippen LogP contribution in [0.15, 0.2) is 6.20 Å². The van der Waals surface area contributed by atoms with Crippen molar-refractivity contribution in [3.05, 3.63) is 17.5 Å². The third kappa shape index (κ3) is 4.52. The lowest BCUT2D eigenvalue weighted by molar-refractivity contribution is 0.0892. The van der Waals surface area contributed by atoms with Gasteiger partial charge < -0.3 is 16.0 Å². The summed E-state index contributed by atoms with van der Waals surface area (Å²) in [6, 6.07) is 0.997. The first kappa shape index (κ1) is 18.9. The summed E-state index contributed by atoms with van der Waals surface area (Å²) >= 11 is 0. The Morgan fingerprint density at radius 3 is 2.59 bits per heavy atom. The summed E-state index contributed by atoms with van der Waals surface area (Å²) in [5.74, 6) is 0.415. The first-order valence-corrected chi connectivity index (χ1v) is 10.7. The highest BCUT2D eigenvalue weighted by atomic mass is 16.1. The lowest BCUT2D eigenvalue weighted by Crippen LogP contribution is -2.51. The van der Waals surface area contributed by atoms with Crippen molar-refractivity contribution >= 4 is 5.91 Å². The first-order chi connectivity index (χ1) is 13.2. The van der Waals surface area contributed by atoms with E-state index in [1.54, 1.807) is 4.68 Å². The molecule has 150 valence electrons. The Bertz CT molecular complexity index is 624. The van der Waals surface area contributed by atoms with E-state index in [0.29, 0.717) is 18.0 Å². The molecule has 7 heteroatoms. The zero-order valence-electron chi connectivity index (χ0n) is 16.5. The second kappa shape index (κ2) is 8.71. The molecule has 2 aliphatic heterocycles. The Labute approximate surface area is 162 Å². The molecule has 1 atom stereocenters. The molecule has 0 radical (unpaired) electrons. The highest BCUT2D eigenvalue weighted by molar-refractivity contribution is 5.95. The predicted octanol–water partition coefficient (Wildman–Crippen LogP) is 0.833. The van der Waals surface area contributed by atoms with Gasteiger partial charge in [-0.1, -0.05) is 0 Å². The molecule has 7 nitrogen and oxygen atoms in total. The molecule has 0 bridgehead atoms. The van der Waals surface area contributed by atoms with Crippen molar-refractivity contribution in [1.29, 1.82) is 0 Å². The molecule has 2 saturated heterocycles. The Morgan fingerprint density at radius 2 is 1.89 bits per heavy atom. The number of piperazine rings is 1. The monoisotopic (exact) mass is 374 g/mol. The van der Waals surface area contributed by atoms with E-state index in [2.05, 4.69) is 25.9 Å². The van der Waals surface area contributed by atoms with E-state index in [1.165, 1.54) is 12.8 Å². The number of nitrogens with one attached hydrogen (secondary N) is 3. The van der Waals surface area contributed by atoms with E-state index in [4.69, 9.17) is 0 Å². The van der Waals surface area contributed by atoms with Crippen molar-refractivity contribution in [2.75, 3.05) is 39.3 Å². The van der Waals surface area contributed by atoms with E-state index >= 15 is 0 Å². The Kier molecular flexibility index (Phi) is 6.10. The minimum absolute atomic E-state index is 0.0642. The Morgan fingerprint density at radius 1 is 1.11 bits per heavy atom. The minimum Gasteiger partial charge on any atom is -0.349 e. The van der Waals surface area contributed by atoms with Crippen LogP contribution in [0.1, 0.15) is 60.5 Å². The maximum Gasteiger partial charge on any atom is 0.254 e. The fourth-order valence-corrected chi connectivity index (χ4v) is 4.96. The molecule has 1 aromatic rings. The molecule has 0 spiro atoms. The number of aromatic nitrogens is 2. The number of rotatable bonds is 4. The van der Waals surface area contributed by atoms with Crippen molar-refractivity contribution in [3.8, 4) is 0 Å². The number of carbonyl (C=O) groups excluding carboxylic acids is 1. The minimum atomic E-state index is 0.0642. The van der Waals surface area contributed by atoms with Crippen molar-refractivity contribution in [2.24, 2.45) is 7.05 Å². The number of nitrogens with zero attached hydrogens (tertiary/aromatic N) is 3. The van der Waals surface area contributed by atoms with Gasteiger partial charge in [-0.05, 0) is 45.1 Å². The number of amides is 1. The van der Waals surface area contributed by atoms with Crippen LogP contribution in [0, 0.1) is 0 Å². The average Bonchev–Trinajstić information content (AvgIpc) is 3.12. The molecule has 4 rings (SSSR count). The molecule has 3 aliphatic rings. The molecule has 3 N–H and O–H groups in total. The molecule has 1 aromatic heterocycles. The van der Waals surface area contributed by atoms with E-state index in [-0.39, 0.29) is 5.91 Å². The predicted molar refractivity (Wildman–Crippen MR) is 106 cm³/mol. The summed E-state index contributed by atoms with van der Waals surface area (Å²) in [4.78, 5) is 15.6. The van der Waals surface area contributed by atoms with Gasteiger partial charge in [0.05, 0.1) is 11.3 Å². The van der Waals surface area contributed by atoms with Gasteiger partial charge in [-0.2, -0.15) is 5.10 Å². The molecule has 1 amide bonds. The van der Waals surface area contributed by atoms with Gasteiger partial charge in [-0.25, -0.2) is 0 Å². The Hall–Kier alpha value is -1.44. The summed E-state index contributed by atoms with van der Waals surface area (Å²) in [6.45, 7) is 6.54. The van der Waals surface area contributed by atoms with Gasteiger partial charge in [-0.3, -0.25) is 14.4 Å². The third-order valence-electron chi connectivity index (χ3n) is 6.49. The summed E-state index contributed by atoms with van der Waals surface area (Å²) in [5.41, 5.74) is 1.74. The number of hydrogen-bond donors (Lipinski definition) is 3. The van der Waals surface area contributed by atoms with Crippen LogP contribution < -0.4 is 16.0 Å². The van der Waals surface area contributed by atoms with Crippen LogP contribution in [-0.2, 0) is 7.05 Å². The molecule has 1 saturated carbocycles.